The molecule has 0 radical (unpaired) electrons. The van der Waals surface area contributed by atoms with E-state index in [1.54, 1.807) is 0 Å². The SMILES string of the molecule is Nc1cc(Cl)ccc1N1CCN(Cc2ccccc2)CC1. The maximum absolute atomic E-state index is 6.07. The summed E-state index contributed by atoms with van der Waals surface area (Å²) in [4.78, 5) is 4.82. The first-order chi connectivity index (χ1) is 10.2. The van der Waals surface area contributed by atoms with Gasteiger partial charge in [-0.1, -0.05) is 41.9 Å². The lowest BCUT2D eigenvalue weighted by Crippen LogP contribution is -2.46. The van der Waals surface area contributed by atoms with E-state index in [4.69, 9.17) is 17.3 Å². The van der Waals surface area contributed by atoms with Gasteiger partial charge >= 0.3 is 0 Å². The lowest BCUT2D eigenvalue weighted by Gasteiger charge is -2.36. The van der Waals surface area contributed by atoms with Crippen molar-refractivity contribution in [3.05, 3.63) is 59.1 Å². The Labute approximate surface area is 130 Å². The molecule has 2 N–H and O–H groups in total. The minimum absolute atomic E-state index is 0.693. The van der Waals surface area contributed by atoms with Crippen molar-refractivity contribution in [1.29, 1.82) is 0 Å². The van der Waals surface area contributed by atoms with E-state index in [1.165, 1.54) is 5.56 Å². The fraction of sp³-hybridized carbons (Fsp3) is 0.294. The largest absolute Gasteiger partial charge is 0.397 e. The molecule has 2 aromatic rings. The van der Waals surface area contributed by atoms with Gasteiger partial charge in [0, 0.05) is 37.7 Å². The molecule has 1 aliphatic rings. The Balaban J connectivity index is 1.60. The van der Waals surface area contributed by atoms with Crippen molar-refractivity contribution in [2.24, 2.45) is 0 Å². The number of hydrogen-bond donors (Lipinski definition) is 1. The minimum Gasteiger partial charge on any atom is -0.397 e. The number of nitrogens with two attached hydrogens (primary N) is 1. The number of rotatable bonds is 3. The monoisotopic (exact) mass is 301 g/mol. The zero-order chi connectivity index (χ0) is 14.7. The van der Waals surface area contributed by atoms with Crippen molar-refractivity contribution in [2.45, 2.75) is 6.54 Å². The van der Waals surface area contributed by atoms with Gasteiger partial charge in [0.05, 0.1) is 11.4 Å². The second-order valence-electron chi connectivity index (χ2n) is 5.45. The smallest absolute Gasteiger partial charge is 0.0601 e. The molecule has 1 aliphatic heterocycles. The van der Waals surface area contributed by atoms with E-state index < -0.39 is 0 Å². The Hall–Kier alpha value is -1.71. The van der Waals surface area contributed by atoms with Crippen LogP contribution in [0, 0.1) is 0 Å². The highest BCUT2D eigenvalue weighted by atomic mass is 35.5. The van der Waals surface area contributed by atoms with Gasteiger partial charge in [-0.15, -0.1) is 0 Å². The van der Waals surface area contributed by atoms with E-state index in [2.05, 4.69) is 40.1 Å². The first-order valence-electron chi connectivity index (χ1n) is 7.28. The van der Waals surface area contributed by atoms with Gasteiger partial charge in [0.25, 0.3) is 0 Å². The molecule has 0 aliphatic carbocycles. The third-order valence-electron chi connectivity index (χ3n) is 3.95. The lowest BCUT2D eigenvalue weighted by atomic mass is 10.2. The van der Waals surface area contributed by atoms with Crippen LogP contribution in [0.3, 0.4) is 0 Å². The number of anilines is 2. The van der Waals surface area contributed by atoms with Crippen LogP contribution in [0.2, 0.25) is 5.02 Å². The molecule has 0 unspecified atom stereocenters. The Kier molecular flexibility index (Phi) is 4.32. The highest BCUT2D eigenvalue weighted by Gasteiger charge is 2.18. The van der Waals surface area contributed by atoms with Crippen molar-refractivity contribution in [2.75, 3.05) is 36.8 Å². The van der Waals surface area contributed by atoms with E-state index >= 15 is 0 Å². The van der Waals surface area contributed by atoms with Crippen LogP contribution >= 0.6 is 11.6 Å². The Morgan fingerprint density at radius 3 is 2.33 bits per heavy atom. The average molecular weight is 302 g/mol. The summed E-state index contributed by atoms with van der Waals surface area (Å²) in [6.07, 6.45) is 0. The van der Waals surface area contributed by atoms with Gasteiger partial charge < -0.3 is 10.6 Å². The standard InChI is InChI=1S/C17H20ClN3/c18-15-6-7-17(16(19)12-15)21-10-8-20(9-11-21)13-14-4-2-1-3-5-14/h1-7,12H,8-11,13,19H2. The molecule has 3 nitrogen and oxygen atoms in total. The summed E-state index contributed by atoms with van der Waals surface area (Å²) in [5.41, 5.74) is 9.30. The van der Waals surface area contributed by atoms with Gasteiger partial charge in [-0.25, -0.2) is 0 Å². The zero-order valence-electron chi connectivity index (χ0n) is 12.0. The summed E-state index contributed by atoms with van der Waals surface area (Å²) in [7, 11) is 0. The third kappa shape index (κ3) is 3.49. The number of nitrogen functional groups attached to an aromatic ring is 1. The second-order valence-corrected chi connectivity index (χ2v) is 5.89. The summed E-state index contributed by atoms with van der Waals surface area (Å²) in [5, 5.41) is 0.693. The molecule has 1 saturated heterocycles. The van der Waals surface area contributed by atoms with Gasteiger partial charge in [0.1, 0.15) is 0 Å². The number of hydrogen-bond acceptors (Lipinski definition) is 3. The summed E-state index contributed by atoms with van der Waals surface area (Å²) >= 11 is 5.96. The molecule has 0 spiro atoms. The van der Waals surface area contributed by atoms with E-state index in [0.717, 1.165) is 44.1 Å². The van der Waals surface area contributed by atoms with Crippen LogP contribution in [0.15, 0.2) is 48.5 Å². The molecule has 1 fully saturated rings. The van der Waals surface area contributed by atoms with Crippen LogP contribution in [0.1, 0.15) is 5.56 Å². The highest BCUT2D eigenvalue weighted by molar-refractivity contribution is 6.31. The fourth-order valence-corrected chi connectivity index (χ4v) is 2.98. The fourth-order valence-electron chi connectivity index (χ4n) is 2.80. The highest BCUT2D eigenvalue weighted by Crippen LogP contribution is 2.27. The molecule has 4 heteroatoms. The molecular weight excluding hydrogens is 282 g/mol. The first-order valence-corrected chi connectivity index (χ1v) is 7.66. The first kappa shape index (κ1) is 14.2. The molecular formula is C17H20ClN3. The average Bonchev–Trinajstić information content (AvgIpc) is 2.49. The molecule has 2 aromatic carbocycles. The third-order valence-corrected chi connectivity index (χ3v) is 4.19. The Morgan fingerprint density at radius 2 is 1.67 bits per heavy atom. The van der Waals surface area contributed by atoms with Crippen molar-refractivity contribution in [3.63, 3.8) is 0 Å². The maximum atomic E-state index is 6.07. The predicted octanol–water partition coefficient (Wildman–Crippen LogP) is 3.24. The van der Waals surface area contributed by atoms with Crippen LogP contribution in [0.4, 0.5) is 11.4 Å². The Bertz CT molecular complexity index is 592. The van der Waals surface area contributed by atoms with Crippen molar-refractivity contribution < 1.29 is 0 Å². The molecule has 0 atom stereocenters. The number of piperazine rings is 1. The molecule has 1 heterocycles. The van der Waals surface area contributed by atoms with Gasteiger partial charge in [-0.2, -0.15) is 0 Å². The Morgan fingerprint density at radius 1 is 0.952 bits per heavy atom. The molecule has 0 bridgehead atoms. The van der Waals surface area contributed by atoms with Gasteiger partial charge in [0.15, 0.2) is 0 Å². The summed E-state index contributed by atoms with van der Waals surface area (Å²) in [6.45, 7) is 5.12. The molecule has 0 aromatic heterocycles. The van der Waals surface area contributed by atoms with E-state index in [-0.39, 0.29) is 0 Å². The normalized spacial score (nSPS) is 16.1. The van der Waals surface area contributed by atoms with Crippen molar-refractivity contribution in [1.82, 2.24) is 4.90 Å². The van der Waals surface area contributed by atoms with E-state index in [0.29, 0.717) is 5.02 Å². The van der Waals surface area contributed by atoms with E-state index in [1.807, 2.05) is 18.2 Å². The molecule has 0 amide bonds. The maximum Gasteiger partial charge on any atom is 0.0601 e. The summed E-state index contributed by atoms with van der Waals surface area (Å²) < 4.78 is 0. The van der Waals surface area contributed by atoms with Crippen LogP contribution in [0.25, 0.3) is 0 Å². The van der Waals surface area contributed by atoms with E-state index in [9.17, 15) is 0 Å². The molecule has 110 valence electrons. The van der Waals surface area contributed by atoms with Crippen molar-refractivity contribution in [3.8, 4) is 0 Å². The van der Waals surface area contributed by atoms with Gasteiger partial charge in [-0.05, 0) is 23.8 Å². The quantitative estimate of drug-likeness (QED) is 0.883. The van der Waals surface area contributed by atoms with Gasteiger partial charge in [-0.3, -0.25) is 4.90 Å². The lowest BCUT2D eigenvalue weighted by molar-refractivity contribution is 0.250. The van der Waals surface area contributed by atoms with Crippen LogP contribution in [-0.2, 0) is 6.54 Å². The number of benzene rings is 2. The number of nitrogens with zero attached hydrogens (tertiary/aromatic N) is 2. The van der Waals surface area contributed by atoms with Crippen molar-refractivity contribution >= 4 is 23.0 Å². The topological polar surface area (TPSA) is 32.5 Å². The van der Waals surface area contributed by atoms with Crippen LogP contribution in [-0.4, -0.2) is 31.1 Å². The van der Waals surface area contributed by atoms with Crippen LogP contribution < -0.4 is 10.6 Å². The zero-order valence-corrected chi connectivity index (χ0v) is 12.8. The summed E-state index contributed by atoms with van der Waals surface area (Å²) in [5.74, 6) is 0. The molecule has 3 rings (SSSR count). The minimum atomic E-state index is 0.693. The molecule has 0 saturated carbocycles. The molecule has 21 heavy (non-hydrogen) atoms. The second kappa shape index (κ2) is 6.37. The number of halogens is 1. The van der Waals surface area contributed by atoms with Crippen LogP contribution in [0.5, 0.6) is 0 Å². The van der Waals surface area contributed by atoms with Gasteiger partial charge in [0.2, 0.25) is 0 Å². The summed E-state index contributed by atoms with van der Waals surface area (Å²) in [6, 6.07) is 16.4. The predicted molar refractivity (Wildman–Crippen MR) is 89.8 cm³/mol.